The SMILES string of the molecule is COc1ccc(S(=O)(=O)N2CCCc3ccc(F)cc32)cc1C(=O)O. The number of halogens is 1. The summed E-state index contributed by atoms with van der Waals surface area (Å²) >= 11 is 0. The molecule has 1 aliphatic heterocycles. The molecule has 132 valence electrons. The number of methoxy groups -OCH3 is 1. The maximum Gasteiger partial charge on any atom is 0.339 e. The largest absolute Gasteiger partial charge is 0.496 e. The van der Waals surface area contributed by atoms with Crippen molar-refractivity contribution in [3.05, 3.63) is 53.3 Å². The number of anilines is 1. The standard InChI is InChI=1S/C17H16FNO5S/c1-24-16-7-6-13(10-14(16)17(20)21)25(22,23)19-8-2-3-11-4-5-12(18)9-15(11)19/h4-7,9-10H,2-3,8H2,1H3,(H,20,21). The van der Waals surface area contributed by atoms with Crippen molar-refractivity contribution in [2.24, 2.45) is 0 Å². The van der Waals surface area contributed by atoms with Crippen molar-refractivity contribution in [1.82, 2.24) is 0 Å². The number of carboxylic acid groups (broad SMARTS) is 1. The maximum absolute atomic E-state index is 13.6. The summed E-state index contributed by atoms with van der Waals surface area (Å²) in [4.78, 5) is 11.2. The van der Waals surface area contributed by atoms with Crippen molar-refractivity contribution in [1.29, 1.82) is 0 Å². The molecule has 1 heterocycles. The van der Waals surface area contributed by atoms with Gasteiger partial charge in [0.15, 0.2) is 0 Å². The van der Waals surface area contributed by atoms with Gasteiger partial charge in [-0.05, 0) is 48.7 Å². The highest BCUT2D eigenvalue weighted by atomic mass is 32.2. The Labute approximate surface area is 144 Å². The van der Waals surface area contributed by atoms with Crippen molar-refractivity contribution in [2.45, 2.75) is 17.7 Å². The summed E-state index contributed by atoms with van der Waals surface area (Å²) in [7, 11) is -2.72. The van der Waals surface area contributed by atoms with Crippen LogP contribution in [0.25, 0.3) is 0 Å². The quantitative estimate of drug-likeness (QED) is 0.901. The van der Waals surface area contributed by atoms with E-state index in [0.717, 1.165) is 15.9 Å². The Hall–Kier alpha value is -2.61. The lowest BCUT2D eigenvalue weighted by atomic mass is 10.0. The number of aryl methyl sites for hydroxylation is 1. The van der Waals surface area contributed by atoms with Gasteiger partial charge in [0.1, 0.15) is 17.1 Å². The number of carbonyl (C=O) groups is 1. The van der Waals surface area contributed by atoms with Gasteiger partial charge >= 0.3 is 5.97 Å². The van der Waals surface area contributed by atoms with Crippen LogP contribution in [0.5, 0.6) is 5.75 Å². The van der Waals surface area contributed by atoms with Crippen LogP contribution in [-0.4, -0.2) is 33.1 Å². The number of carboxylic acids is 1. The minimum atomic E-state index is -4.03. The molecule has 8 heteroatoms. The molecule has 0 aromatic heterocycles. The minimum Gasteiger partial charge on any atom is -0.496 e. The molecule has 0 bridgehead atoms. The summed E-state index contributed by atoms with van der Waals surface area (Å²) in [5.74, 6) is -1.75. The van der Waals surface area contributed by atoms with Gasteiger partial charge in [-0.2, -0.15) is 0 Å². The third kappa shape index (κ3) is 3.05. The van der Waals surface area contributed by atoms with Crippen molar-refractivity contribution in [3.63, 3.8) is 0 Å². The number of rotatable bonds is 4. The molecule has 0 saturated carbocycles. The fraction of sp³-hybridized carbons (Fsp3) is 0.235. The number of benzene rings is 2. The van der Waals surface area contributed by atoms with E-state index in [1.54, 1.807) is 6.07 Å². The highest BCUT2D eigenvalue weighted by molar-refractivity contribution is 7.92. The molecule has 1 N–H and O–H groups in total. The van der Waals surface area contributed by atoms with Gasteiger partial charge in [0.25, 0.3) is 10.0 Å². The van der Waals surface area contributed by atoms with E-state index in [1.807, 2.05) is 0 Å². The number of nitrogens with zero attached hydrogens (tertiary/aromatic N) is 1. The van der Waals surface area contributed by atoms with E-state index in [-0.39, 0.29) is 22.8 Å². The van der Waals surface area contributed by atoms with Gasteiger partial charge in [0.05, 0.1) is 17.7 Å². The molecular weight excluding hydrogens is 349 g/mol. The molecule has 2 aromatic rings. The lowest BCUT2D eigenvalue weighted by Crippen LogP contribution is -2.35. The lowest BCUT2D eigenvalue weighted by Gasteiger charge is -2.30. The van der Waals surface area contributed by atoms with Gasteiger partial charge in [-0.1, -0.05) is 6.07 Å². The predicted molar refractivity (Wildman–Crippen MR) is 89.2 cm³/mol. The number of fused-ring (bicyclic) bond motifs is 1. The molecule has 0 spiro atoms. The molecular formula is C17H16FNO5S. The highest BCUT2D eigenvalue weighted by Crippen LogP contribution is 2.33. The van der Waals surface area contributed by atoms with Crippen molar-refractivity contribution in [2.75, 3.05) is 18.0 Å². The van der Waals surface area contributed by atoms with Crippen LogP contribution in [0.4, 0.5) is 10.1 Å². The van der Waals surface area contributed by atoms with Crippen LogP contribution in [0.15, 0.2) is 41.3 Å². The topological polar surface area (TPSA) is 83.9 Å². The number of hydrogen-bond acceptors (Lipinski definition) is 4. The second-order valence-electron chi connectivity index (χ2n) is 5.62. The van der Waals surface area contributed by atoms with Gasteiger partial charge in [-0.15, -0.1) is 0 Å². The summed E-state index contributed by atoms with van der Waals surface area (Å²) in [5.41, 5.74) is 0.780. The second-order valence-corrected chi connectivity index (χ2v) is 7.48. The first-order valence-electron chi connectivity index (χ1n) is 7.57. The zero-order valence-electron chi connectivity index (χ0n) is 13.4. The average molecular weight is 365 g/mol. The molecule has 0 saturated heterocycles. The highest BCUT2D eigenvalue weighted by Gasteiger charge is 2.30. The Balaban J connectivity index is 2.11. The first-order valence-corrected chi connectivity index (χ1v) is 9.01. The van der Waals surface area contributed by atoms with Gasteiger partial charge in [-0.3, -0.25) is 4.31 Å². The molecule has 0 unspecified atom stereocenters. The summed E-state index contributed by atoms with van der Waals surface area (Å²) in [6.07, 6.45) is 1.25. The number of aromatic carboxylic acids is 1. The first-order chi connectivity index (χ1) is 11.8. The minimum absolute atomic E-state index is 0.0662. The molecule has 0 radical (unpaired) electrons. The molecule has 0 atom stereocenters. The summed E-state index contributed by atoms with van der Waals surface area (Å²) in [5, 5.41) is 9.25. The maximum atomic E-state index is 13.6. The van der Waals surface area contributed by atoms with E-state index in [9.17, 15) is 22.7 Å². The van der Waals surface area contributed by atoms with Crippen LogP contribution in [0, 0.1) is 5.82 Å². The second kappa shape index (κ2) is 6.36. The van der Waals surface area contributed by atoms with Crippen LogP contribution in [0.2, 0.25) is 0 Å². The van der Waals surface area contributed by atoms with E-state index >= 15 is 0 Å². The summed E-state index contributed by atoms with van der Waals surface area (Å²) in [6, 6.07) is 7.70. The number of ether oxygens (including phenoxy) is 1. The van der Waals surface area contributed by atoms with E-state index < -0.39 is 21.8 Å². The number of hydrogen-bond donors (Lipinski definition) is 1. The normalized spacial score (nSPS) is 14.1. The Morgan fingerprint density at radius 3 is 2.68 bits per heavy atom. The monoisotopic (exact) mass is 365 g/mol. The molecule has 2 aromatic carbocycles. The first kappa shape index (κ1) is 17.2. The third-order valence-corrected chi connectivity index (χ3v) is 5.92. The zero-order valence-corrected chi connectivity index (χ0v) is 14.2. The van der Waals surface area contributed by atoms with Crippen LogP contribution < -0.4 is 9.04 Å². The molecule has 0 fully saturated rings. The molecule has 3 rings (SSSR count). The molecule has 0 aliphatic carbocycles. The summed E-state index contributed by atoms with van der Waals surface area (Å²) < 4.78 is 45.7. The third-order valence-electron chi connectivity index (χ3n) is 4.11. The Morgan fingerprint density at radius 1 is 1.24 bits per heavy atom. The fourth-order valence-electron chi connectivity index (χ4n) is 2.91. The predicted octanol–water partition coefficient (Wildman–Crippen LogP) is 2.67. The van der Waals surface area contributed by atoms with Crippen molar-refractivity contribution < 1.29 is 27.4 Å². The van der Waals surface area contributed by atoms with Crippen molar-refractivity contribution >= 4 is 21.7 Å². The van der Waals surface area contributed by atoms with Gasteiger partial charge < -0.3 is 9.84 Å². The van der Waals surface area contributed by atoms with Gasteiger partial charge in [-0.25, -0.2) is 17.6 Å². The van der Waals surface area contributed by atoms with E-state index in [2.05, 4.69) is 0 Å². The van der Waals surface area contributed by atoms with Crippen LogP contribution in [0.1, 0.15) is 22.3 Å². The number of sulfonamides is 1. The smallest absolute Gasteiger partial charge is 0.339 e. The van der Waals surface area contributed by atoms with E-state index in [0.29, 0.717) is 18.5 Å². The summed E-state index contributed by atoms with van der Waals surface area (Å²) in [6.45, 7) is 0.202. The van der Waals surface area contributed by atoms with Crippen molar-refractivity contribution in [3.8, 4) is 5.75 Å². The average Bonchev–Trinajstić information content (AvgIpc) is 2.60. The van der Waals surface area contributed by atoms with E-state index in [1.165, 1.54) is 31.4 Å². The van der Waals surface area contributed by atoms with Crippen LogP contribution in [0.3, 0.4) is 0 Å². The van der Waals surface area contributed by atoms with Gasteiger partial charge in [0.2, 0.25) is 0 Å². The van der Waals surface area contributed by atoms with E-state index in [4.69, 9.17) is 4.74 Å². The Kier molecular flexibility index (Phi) is 4.38. The Bertz CT molecular complexity index is 942. The molecule has 25 heavy (non-hydrogen) atoms. The lowest BCUT2D eigenvalue weighted by molar-refractivity contribution is 0.0693. The molecule has 6 nitrogen and oxygen atoms in total. The molecule has 0 amide bonds. The van der Waals surface area contributed by atoms with Gasteiger partial charge in [0, 0.05) is 6.54 Å². The molecule has 1 aliphatic rings. The Morgan fingerprint density at radius 2 is 2.00 bits per heavy atom. The van der Waals surface area contributed by atoms with Crippen LogP contribution >= 0.6 is 0 Å². The zero-order chi connectivity index (χ0) is 18.2. The fourth-order valence-corrected chi connectivity index (χ4v) is 4.47. The van der Waals surface area contributed by atoms with Crippen LogP contribution in [-0.2, 0) is 16.4 Å².